The topological polar surface area (TPSA) is 223 Å². The molecule has 0 saturated heterocycles. The largest absolute Gasteiger partial charge is 0.411 e. The van der Waals surface area contributed by atoms with Crippen LogP contribution in [0, 0.1) is 0 Å². The van der Waals surface area contributed by atoms with Crippen molar-refractivity contribution in [2.75, 3.05) is 10.9 Å². The molecule has 0 fully saturated rings. The second-order valence-electron chi connectivity index (χ2n) is 9.23. The van der Waals surface area contributed by atoms with Gasteiger partial charge in [-0.25, -0.2) is 0 Å². The summed E-state index contributed by atoms with van der Waals surface area (Å²) in [5.41, 5.74) is 7.22. The second kappa shape index (κ2) is 14.9. The molecule has 0 aliphatic heterocycles. The molecule has 236 valence electrons. The van der Waals surface area contributed by atoms with E-state index in [0.29, 0.717) is 11.1 Å². The Labute approximate surface area is 263 Å². The fourth-order valence-corrected chi connectivity index (χ4v) is 5.44. The molecule has 4 rings (SSSR count). The summed E-state index contributed by atoms with van der Waals surface area (Å²) < 4.78 is 68.8. The summed E-state index contributed by atoms with van der Waals surface area (Å²) in [7, 11) is -9.55. The lowest BCUT2D eigenvalue weighted by molar-refractivity contribution is 0.322. The van der Waals surface area contributed by atoms with Gasteiger partial charge in [-0.1, -0.05) is 95.3 Å². The lowest BCUT2D eigenvalue weighted by Gasteiger charge is -2.09. The van der Waals surface area contributed by atoms with Crippen LogP contribution < -0.4 is 10.9 Å². The van der Waals surface area contributed by atoms with Crippen molar-refractivity contribution in [3.05, 3.63) is 119 Å². The van der Waals surface area contributed by atoms with Crippen molar-refractivity contribution in [3.63, 3.8) is 0 Å². The molecule has 0 spiro atoms. The molecule has 0 saturated carbocycles. The molecule has 0 atom stereocenters. The Morgan fingerprint density at radius 1 is 0.565 bits per heavy atom. The Morgan fingerprint density at radius 3 is 1.26 bits per heavy atom. The van der Waals surface area contributed by atoms with Crippen LogP contribution >= 0.6 is 0 Å². The molecule has 4 aromatic rings. The van der Waals surface area contributed by atoms with Crippen molar-refractivity contribution in [2.24, 2.45) is 20.5 Å². The van der Waals surface area contributed by atoms with Crippen molar-refractivity contribution in [2.45, 2.75) is 9.79 Å². The smallest absolute Gasteiger partial charge is 0.295 e. The zero-order chi connectivity index (χ0) is 33.2. The van der Waals surface area contributed by atoms with Gasteiger partial charge in [0, 0.05) is 11.1 Å². The maximum absolute atomic E-state index is 12.2. The molecule has 14 nitrogen and oxygen atoms in total. The average Bonchev–Trinajstić information content (AvgIpc) is 3.04. The Bertz CT molecular complexity index is 1920. The van der Waals surface area contributed by atoms with Gasteiger partial charge >= 0.3 is 0 Å². The maximum atomic E-state index is 12.2. The summed E-state index contributed by atoms with van der Waals surface area (Å²) >= 11 is 0. The van der Waals surface area contributed by atoms with Gasteiger partial charge in [-0.2, -0.15) is 27.0 Å². The number of nitrogens with one attached hydrogen (secondary N) is 2. The number of hydrogen-bond acceptors (Lipinski definition) is 12. The van der Waals surface area contributed by atoms with E-state index in [2.05, 4.69) is 31.4 Å². The minimum Gasteiger partial charge on any atom is -0.411 e. The van der Waals surface area contributed by atoms with Crippen LogP contribution in [0.15, 0.2) is 127 Å². The Morgan fingerprint density at radius 2 is 0.935 bits per heavy atom. The van der Waals surface area contributed by atoms with Gasteiger partial charge < -0.3 is 10.4 Å². The quantitative estimate of drug-likeness (QED) is 0.0396. The van der Waals surface area contributed by atoms with E-state index in [1.54, 1.807) is 60.7 Å². The minimum absolute atomic E-state index is 0.0129. The zero-order valence-corrected chi connectivity index (χ0v) is 25.2. The molecule has 16 heteroatoms. The first kappa shape index (κ1) is 33.2. The van der Waals surface area contributed by atoms with E-state index >= 15 is 0 Å². The summed E-state index contributed by atoms with van der Waals surface area (Å²) in [4.78, 5) is -1.05. The van der Waals surface area contributed by atoms with E-state index < -0.39 is 30.0 Å². The molecule has 0 aliphatic rings. The highest BCUT2D eigenvalue weighted by Gasteiger charge is 2.18. The predicted molar refractivity (Wildman–Crippen MR) is 175 cm³/mol. The van der Waals surface area contributed by atoms with Crippen LogP contribution in [0.25, 0.3) is 12.2 Å². The molecule has 46 heavy (non-hydrogen) atoms. The van der Waals surface area contributed by atoms with E-state index in [9.17, 15) is 25.9 Å². The number of hydrazone groups is 2. The lowest BCUT2D eigenvalue weighted by Crippen LogP contribution is -2.07. The highest BCUT2D eigenvalue weighted by Crippen LogP contribution is 2.26. The van der Waals surface area contributed by atoms with Crippen molar-refractivity contribution >= 4 is 67.6 Å². The first-order chi connectivity index (χ1) is 22.0. The normalized spacial score (nSPS) is 13.1. The number of nitrogens with zero attached hydrogens (tertiary/aromatic N) is 4. The minimum atomic E-state index is -4.78. The van der Waals surface area contributed by atoms with Crippen LogP contribution in [0.4, 0.5) is 11.4 Å². The molecule has 0 unspecified atom stereocenters. The summed E-state index contributed by atoms with van der Waals surface area (Å²) in [5, 5.41) is 32.2. The van der Waals surface area contributed by atoms with E-state index in [1.807, 2.05) is 0 Å². The third-order valence-electron chi connectivity index (χ3n) is 6.14. The maximum Gasteiger partial charge on any atom is 0.295 e. The van der Waals surface area contributed by atoms with E-state index in [4.69, 9.17) is 10.4 Å². The van der Waals surface area contributed by atoms with Crippen molar-refractivity contribution in [3.8, 4) is 0 Å². The van der Waals surface area contributed by atoms with Crippen LogP contribution in [0.2, 0.25) is 0 Å². The number of hydrogen-bond donors (Lipinski definition) is 6. The number of rotatable bonds is 12. The Kier molecular flexibility index (Phi) is 10.7. The van der Waals surface area contributed by atoms with Crippen LogP contribution in [0.1, 0.15) is 22.3 Å². The van der Waals surface area contributed by atoms with Crippen LogP contribution in [-0.4, -0.2) is 60.2 Å². The SMILES string of the molecule is O=S(=O)(O)c1cc(NN=C(C=NO)c2ccccc2)ccc1C=Cc1ccc(NN=C(C=NO)c2ccccc2)cc1S(=O)(=O)O. The summed E-state index contributed by atoms with van der Waals surface area (Å²) in [6, 6.07) is 25.2. The van der Waals surface area contributed by atoms with Gasteiger partial charge in [0.05, 0.1) is 23.8 Å². The molecule has 0 heterocycles. The third-order valence-corrected chi connectivity index (χ3v) is 7.95. The standard InChI is InChI=1S/C30H26N6O8S2/c37-31-19-27(21-7-3-1-4-8-21)35-33-25-15-13-23(29(17-25)45(39,40)41)11-12-24-14-16-26(18-30(24)46(42,43)44)34-36-28(20-32-38)22-9-5-2-6-10-22/h1-20,33-34,37-38H,(H,39,40,41)(H,42,43,44). The molecule has 0 radical (unpaired) electrons. The molecule has 0 aliphatic carbocycles. The predicted octanol–water partition coefficient (Wildman–Crippen LogP) is 4.90. The van der Waals surface area contributed by atoms with Gasteiger partial charge in [0.15, 0.2) is 0 Å². The fraction of sp³-hybridized carbons (Fsp3) is 0. The summed E-state index contributed by atoms with van der Waals surface area (Å²) in [5.74, 6) is 0. The third kappa shape index (κ3) is 8.93. The summed E-state index contributed by atoms with van der Waals surface area (Å²) in [6.45, 7) is 0. The van der Waals surface area contributed by atoms with Crippen LogP contribution in [0.3, 0.4) is 0 Å². The highest BCUT2D eigenvalue weighted by atomic mass is 32.2. The molecular weight excluding hydrogens is 636 g/mol. The van der Waals surface area contributed by atoms with Gasteiger partial charge in [-0.3, -0.25) is 20.0 Å². The Hall–Kier alpha value is -5.68. The first-order valence-corrected chi connectivity index (χ1v) is 15.9. The number of benzene rings is 4. The highest BCUT2D eigenvalue weighted by molar-refractivity contribution is 7.86. The van der Waals surface area contributed by atoms with Gasteiger partial charge in [0.25, 0.3) is 20.2 Å². The van der Waals surface area contributed by atoms with E-state index in [1.165, 1.54) is 36.4 Å². The monoisotopic (exact) mass is 662 g/mol. The number of oxime groups is 2. The van der Waals surface area contributed by atoms with E-state index in [0.717, 1.165) is 24.6 Å². The molecule has 0 bridgehead atoms. The van der Waals surface area contributed by atoms with Gasteiger partial charge in [-0.05, 0) is 35.4 Å². The van der Waals surface area contributed by atoms with E-state index in [-0.39, 0.29) is 33.9 Å². The van der Waals surface area contributed by atoms with Crippen molar-refractivity contribution < 1.29 is 36.4 Å². The van der Waals surface area contributed by atoms with Gasteiger partial charge in [-0.15, -0.1) is 0 Å². The molecule has 6 N–H and O–H groups in total. The summed E-state index contributed by atoms with van der Waals surface area (Å²) in [6.07, 6.45) is 4.64. The van der Waals surface area contributed by atoms with Gasteiger partial charge in [0.2, 0.25) is 0 Å². The first-order valence-electron chi connectivity index (χ1n) is 13.0. The van der Waals surface area contributed by atoms with Crippen molar-refractivity contribution in [1.29, 1.82) is 0 Å². The van der Waals surface area contributed by atoms with Crippen LogP contribution in [0.5, 0.6) is 0 Å². The number of anilines is 2. The molecule has 4 aromatic carbocycles. The fourth-order valence-electron chi connectivity index (χ4n) is 4.02. The van der Waals surface area contributed by atoms with Crippen molar-refractivity contribution in [1.82, 2.24) is 0 Å². The second-order valence-corrected chi connectivity index (χ2v) is 12.0. The molecule has 0 amide bonds. The molecule has 0 aromatic heterocycles. The lowest BCUT2D eigenvalue weighted by atomic mass is 10.1. The molecular formula is C30H26N6O8S2. The van der Waals surface area contributed by atoms with Crippen LogP contribution in [-0.2, 0) is 20.2 Å². The Balaban J connectivity index is 1.65. The zero-order valence-electron chi connectivity index (χ0n) is 23.6. The van der Waals surface area contributed by atoms with Gasteiger partial charge in [0.1, 0.15) is 21.2 Å². The average molecular weight is 663 g/mol.